The molecule has 24 heavy (non-hydrogen) atoms. The van der Waals surface area contributed by atoms with Crippen molar-refractivity contribution in [2.24, 2.45) is 0 Å². The van der Waals surface area contributed by atoms with Gasteiger partial charge >= 0.3 is 0 Å². The summed E-state index contributed by atoms with van der Waals surface area (Å²) >= 11 is 3.60. The minimum atomic E-state index is -0.0539. The molecule has 6 nitrogen and oxygen atoms in total. The molecule has 1 aliphatic heterocycles. The highest BCUT2D eigenvalue weighted by atomic mass is 79.9. The molecule has 0 radical (unpaired) electrons. The smallest absolute Gasteiger partial charge is 0.252 e. The van der Waals surface area contributed by atoms with Gasteiger partial charge in [-0.1, -0.05) is 34.1 Å². The van der Waals surface area contributed by atoms with Crippen molar-refractivity contribution in [3.8, 4) is 5.95 Å². The van der Waals surface area contributed by atoms with E-state index in [0.717, 1.165) is 21.3 Å². The number of hydrogen-bond donors (Lipinski definition) is 1. The number of carbonyl (C=O) groups is 1. The molecule has 1 amide bonds. The highest BCUT2D eigenvalue weighted by Crippen LogP contribution is 2.41. The zero-order chi connectivity index (χ0) is 16.7. The quantitative estimate of drug-likeness (QED) is 0.737. The second-order valence-corrected chi connectivity index (χ2v) is 6.49. The zero-order valence-electron chi connectivity index (χ0n) is 12.9. The average molecular weight is 384 g/mol. The lowest BCUT2D eigenvalue weighted by molar-refractivity contribution is -0.116. The number of rotatable bonds is 2. The van der Waals surface area contributed by atoms with Gasteiger partial charge in [0, 0.05) is 34.8 Å². The summed E-state index contributed by atoms with van der Waals surface area (Å²) in [7, 11) is 0. The summed E-state index contributed by atoms with van der Waals surface area (Å²) in [5.41, 5.74) is 2.94. The van der Waals surface area contributed by atoms with Crippen LogP contribution in [0, 0.1) is 6.92 Å². The van der Waals surface area contributed by atoms with Crippen molar-refractivity contribution in [2.45, 2.75) is 19.3 Å². The summed E-state index contributed by atoms with van der Waals surface area (Å²) in [6.45, 7) is 1.94. The topological polar surface area (TPSA) is 72.7 Å². The maximum Gasteiger partial charge on any atom is 0.252 e. The van der Waals surface area contributed by atoms with Crippen molar-refractivity contribution in [3.63, 3.8) is 0 Å². The Bertz CT molecular complexity index is 922. The standard InChI is InChI=1S/C17H14BrN5O/c1-10-15-12(11-5-2-3-6-13(11)18)9-14(24)21-16(15)23(22-10)17-19-7-4-8-20-17/h2-8,12H,9H2,1H3,(H,21,24)/t12-/m0/s1. The molecular formula is C17H14BrN5O. The van der Waals surface area contributed by atoms with E-state index in [2.05, 4.69) is 36.3 Å². The molecule has 2 aromatic heterocycles. The van der Waals surface area contributed by atoms with Gasteiger partial charge in [0.05, 0.1) is 5.69 Å². The molecule has 1 N–H and O–H groups in total. The summed E-state index contributed by atoms with van der Waals surface area (Å²) in [5.74, 6) is 0.993. The van der Waals surface area contributed by atoms with Crippen molar-refractivity contribution >= 4 is 27.7 Å². The summed E-state index contributed by atoms with van der Waals surface area (Å²) in [6, 6.07) is 9.71. The van der Waals surface area contributed by atoms with Crippen LogP contribution in [0.25, 0.3) is 5.95 Å². The van der Waals surface area contributed by atoms with Gasteiger partial charge in [0.15, 0.2) is 0 Å². The van der Waals surface area contributed by atoms with Gasteiger partial charge in [0.25, 0.3) is 5.95 Å². The highest BCUT2D eigenvalue weighted by Gasteiger charge is 2.33. The first kappa shape index (κ1) is 15.0. The molecule has 0 unspecified atom stereocenters. The van der Waals surface area contributed by atoms with Gasteiger partial charge in [-0.2, -0.15) is 9.78 Å². The summed E-state index contributed by atoms with van der Waals surface area (Å²) in [5, 5.41) is 7.50. The van der Waals surface area contributed by atoms with Crippen LogP contribution in [0.3, 0.4) is 0 Å². The monoisotopic (exact) mass is 383 g/mol. The number of aromatic nitrogens is 4. The van der Waals surface area contributed by atoms with Crippen LogP contribution in [0.4, 0.5) is 5.82 Å². The molecule has 4 rings (SSSR count). The van der Waals surface area contributed by atoms with Crippen LogP contribution in [-0.4, -0.2) is 25.7 Å². The number of hydrogen-bond acceptors (Lipinski definition) is 4. The number of anilines is 1. The fraction of sp³-hybridized carbons (Fsp3) is 0.176. The van der Waals surface area contributed by atoms with E-state index >= 15 is 0 Å². The molecule has 0 saturated heterocycles. The molecule has 1 aliphatic rings. The predicted molar refractivity (Wildman–Crippen MR) is 93.1 cm³/mol. The Morgan fingerprint density at radius 2 is 1.96 bits per heavy atom. The van der Waals surface area contributed by atoms with E-state index in [1.807, 2.05) is 31.2 Å². The molecule has 3 heterocycles. The fourth-order valence-electron chi connectivity index (χ4n) is 3.12. The Morgan fingerprint density at radius 3 is 2.71 bits per heavy atom. The van der Waals surface area contributed by atoms with Crippen molar-refractivity contribution in [1.29, 1.82) is 0 Å². The van der Waals surface area contributed by atoms with Crippen LogP contribution in [0.15, 0.2) is 47.2 Å². The first-order valence-electron chi connectivity index (χ1n) is 7.56. The van der Waals surface area contributed by atoms with Gasteiger partial charge < -0.3 is 5.32 Å². The van der Waals surface area contributed by atoms with Gasteiger partial charge in [0.2, 0.25) is 5.91 Å². The third-order valence-electron chi connectivity index (χ3n) is 4.12. The summed E-state index contributed by atoms with van der Waals surface area (Å²) < 4.78 is 2.59. The molecule has 0 aliphatic carbocycles. The molecule has 7 heteroatoms. The average Bonchev–Trinajstić information content (AvgIpc) is 2.92. The van der Waals surface area contributed by atoms with E-state index < -0.39 is 0 Å². The van der Waals surface area contributed by atoms with Gasteiger partial charge in [-0.15, -0.1) is 0 Å². The molecule has 1 atom stereocenters. The van der Waals surface area contributed by atoms with Crippen LogP contribution in [0.5, 0.6) is 0 Å². The number of carbonyl (C=O) groups excluding carboxylic acids is 1. The molecule has 0 bridgehead atoms. The molecular weight excluding hydrogens is 370 g/mol. The lowest BCUT2D eigenvalue weighted by Crippen LogP contribution is -2.25. The molecule has 0 fully saturated rings. The van der Waals surface area contributed by atoms with Crippen LogP contribution >= 0.6 is 15.9 Å². The zero-order valence-corrected chi connectivity index (χ0v) is 14.5. The van der Waals surface area contributed by atoms with E-state index in [-0.39, 0.29) is 11.8 Å². The van der Waals surface area contributed by atoms with E-state index in [1.165, 1.54) is 0 Å². The summed E-state index contributed by atoms with van der Waals surface area (Å²) in [4.78, 5) is 20.8. The van der Waals surface area contributed by atoms with E-state index in [4.69, 9.17) is 0 Å². The molecule has 3 aromatic rings. The number of halogens is 1. The highest BCUT2D eigenvalue weighted by molar-refractivity contribution is 9.10. The Hall–Kier alpha value is -2.54. The Morgan fingerprint density at radius 1 is 1.21 bits per heavy atom. The van der Waals surface area contributed by atoms with E-state index in [1.54, 1.807) is 23.1 Å². The molecule has 0 spiro atoms. The van der Waals surface area contributed by atoms with Crippen LogP contribution in [0.1, 0.15) is 29.2 Å². The Kier molecular flexibility index (Phi) is 3.65. The predicted octanol–water partition coefficient (Wildman–Crippen LogP) is 3.21. The number of aryl methyl sites for hydroxylation is 1. The van der Waals surface area contributed by atoms with Gasteiger partial charge in [-0.05, 0) is 24.6 Å². The van der Waals surface area contributed by atoms with Crippen molar-refractivity contribution < 1.29 is 4.79 Å². The number of amides is 1. The first-order valence-corrected chi connectivity index (χ1v) is 8.35. The van der Waals surface area contributed by atoms with Crippen molar-refractivity contribution in [1.82, 2.24) is 19.7 Å². The number of benzene rings is 1. The van der Waals surface area contributed by atoms with Gasteiger partial charge in [-0.25, -0.2) is 9.97 Å². The lowest BCUT2D eigenvalue weighted by Gasteiger charge is -2.24. The Balaban J connectivity index is 1.91. The van der Waals surface area contributed by atoms with Crippen LogP contribution in [-0.2, 0) is 4.79 Å². The largest absolute Gasteiger partial charge is 0.310 e. The third kappa shape index (κ3) is 2.41. The van der Waals surface area contributed by atoms with Gasteiger partial charge in [-0.3, -0.25) is 4.79 Å². The third-order valence-corrected chi connectivity index (χ3v) is 4.85. The van der Waals surface area contributed by atoms with Crippen LogP contribution < -0.4 is 5.32 Å². The maximum atomic E-state index is 12.3. The SMILES string of the molecule is Cc1nn(-c2ncccn2)c2c1[C@H](c1ccccc1Br)CC(=O)N2. The van der Waals surface area contributed by atoms with E-state index in [9.17, 15) is 4.79 Å². The second kappa shape index (κ2) is 5.83. The number of nitrogens with zero attached hydrogens (tertiary/aromatic N) is 4. The van der Waals surface area contributed by atoms with E-state index in [0.29, 0.717) is 18.2 Å². The normalized spacial score (nSPS) is 16.6. The molecule has 1 aromatic carbocycles. The summed E-state index contributed by atoms with van der Waals surface area (Å²) in [6.07, 6.45) is 3.70. The minimum Gasteiger partial charge on any atom is -0.310 e. The van der Waals surface area contributed by atoms with Crippen molar-refractivity contribution in [2.75, 3.05) is 5.32 Å². The lowest BCUT2D eigenvalue weighted by atomic mass is 9.86. The van der Waals surface area contributed by atoms with Crippen molar-refractivity contribution in [3.05, 3.63) is 64.0 Å². The minimum absolute atomic E-state index is 0.0414. The maximum absolute atomic E-state index is 12.3. The molecule has 0 saturated carbocycles. The Labute approximate surface area is 147 Å². The molecule has 120 valence electrons. The fourth-order valence-corrected chi connectivity index (χ4v) is 3.68. The number of fused-ring (bicyclic) bond motifs is 1. The first-order chi connectivity index (χ1) is 11.6. The van der Waals surface area contributed by atoms with Crippen LogP contribution in [0.2, 0.25) is 0 Å². The van der Waals surface area contributed by atoms with Gasteiger partial charge in [0.1, 0.15) is 5.82 Å². The number of nitrogens with one attached hydrogen (secondary N) is 1. The second-order valence-electron chi connectivity index (χ2n) is 5.63.